The van der Waals surface area contributed by atoms with Gasteiger partial charge in [0.2, 0.25) is 0 Å². The second-order valence-corrected chi connectivity index (χ2v) is 8.20. The summed E-state index contributed by atoms with van der Waals surface area (Å²) in [6.45, 7) is 1.45. The molecule has 3 aromatic carbocycles. The largest absolute Gasteiger partial charge is 0.348 e. The van der Waals surface area contributed by atoms with Gasteiger partial charge in [0.15, 0.2) is 0 Å². The number of sulfonamides is 1. The van der Waals surface area contributed by atoms with Crippen molar-refractivity contribution in [2.75, 3.05) is 4.72 Å². The number of para-hydroxylation sites is 1. The zero-order chi connectivity index (χ0) is 21.9. The minimum atomic E-state index is -4.16. The van der Waals surface area contributed by atoms with E-state index in [-0.39, 0.29) is 28.3 Å². The van der Waals surface area contributed by atoms with Crippen LogP contribution in [0.5, 0.6) is 0 Å². The predicted octanol–water partition coefficient (Wildman–Crippen LogP) is 4.14. The molecular weight excluding hydrogens is 417 g/mol. The molecule has 0 fully saturated rings. The first-order valence-corrected chi connectivity index (χ1v) is 10.3. The molecule has 3 aromatic rings. The molecule has 0 unspecified atom stereocenters. The number of aryl methyl sites for hydroxylation is 1. The van der Waals surface area contributed by atoms with Crippen LogP contribution in [-0.4, -0.2) is 14.3 Å². The average molecular weight is 434 g/mol. The van der Waals surface area contributed by atoms with E-state index in [0.29, 0.717) is 11.6 Å². The summed E-state index contributed by atoms with van der Waals surface area (Å²) in [4.78, 5) is 12.3. The maximum atomic E-state index is 13.8. The second kappa shape index (κ2) is 8.58. The molecule has 0 spiro atoms. The number of amides is 1. The quantitative estimate of drug-likeness (QED) is 0.612. The van der Waals surface area contributed by atoms with Crippen molar-refractivity contribution in [2.24, 2.45) is 0 Å². The topological polar surface area (TPSA) is 75.3 Å². The fraction of sp³-hybridized carbons (Fsp3) is 0.0952. The third-order valence-corrected chi connectivity index (χ3v) is 5.62. The monoisotopic (exact) mass is 434 g/mol. The summed E-state index contributed by atoms with van der Waals surface area (Å²) in [5.74, 6) is -2.92. The van der Waals surface area contributed by atoms with Crippen molar-refractivity contribution in [2.45, 2.75) is 18.4 Å². The summed E-state index contributed by atoms with van der Waals surface area (Å²) < 4.78 is 67.7. The number of hydrogen-bond acceptors (Lipinski definition) is 3. The van der Waals surface area contributed by atoms with E-state index in [0.717, 1.165) is 24.3 Å². The van der Waals surface area contributed by atoms with E-state index >= 15 is 0 Å². The summed E-state index contributed by atoms with van der Waals surface area (Å²) in [5, 5.41) is 2.50. The van der Waals surface area contributed by atoms with Gasteiger partial charge in [-0.1, -0.05) is 18.2 Å². The minimum Gasteiger partial charge on any atom is -0.348 e. The highest BCUT2D eigenvalue weighted by Gasteiger charge is 2.19. The number of halogens is 3. The van der Waals surface area contributed by atoms with Gasteiger partial charge in [0.25, 0.3) is 15.9 Å². The summed E-state index contributed by atoms with van der Waals surface area (Å²) in [7, 11) is -4.16. The lowest BCUT2D eigenvalue weighted by molar-refractivity contribution is 0.0950. The van der Waals surface area contributed by atoms with Gasteiger partial charge in [-0.25, -0.2) is 21.6 Å². The number of rotatable bonds is 6. The predicted molar refractivity (Wildman–Crippen MR) is 106 cm³/mol. The minimum absolute atomic E-state index is 0.0586. The third kappa shape index (κ3) is 4.98. The Morgan fingerprint density at radius 3 is 2.27 bits per heavy atom. The number of hydrogen-bond donors (Lipinski definition) is 2. The molecule has 0 aromatic heterocycles. The molecule has 0 saturated carbocycles. The van der Waals surface area contributed by atoms with E-state index in [1.807, 2.05) is 0 Å². The molecule has 0 atom stereocenters. The summed E-state index contributed by atoms with van der Waals surface area (Å²) in [6, 6.07) is 12.0. The Morgan fingerprint density at radius 1 is 0.933 bits per heavy atom. The second-order valence-electron chi connectivity index (χ2n) is 6.52. The first kappa shape index (κ1) is 21.4. The molecule has 30 heavy (non-hydrogen) atoms. The molecular formula is C21H17F3N2O3S. The molecule has 0 bridgehead atoms. The van der Waals surface area contributed by atoms with Crippen molar-refractivity contribution in [3.05, 3.63) is 94.8 Å². The van der Waals surface area contributed by atoms with E-state index in [4.69, 9.17) is 0 Å². The lowest BCUT2D eigenvalue weighted by atomic mass is 10.1. The van der Waals surface area contributed by atoms with E-state index < -0.39 is 33.4 Å². The number of benzene rings is 3. The molecule has 0 radical (unpaired) electrons. The Hall–Kier alpha value is -3.33. The number of anilines is 1. The average Bonchev–Trinajstić information content (AvgIpc) is 2.67. The van der Waals surface area contributed by atoms with E-state index in [9.17, 15) is 26.4 Å². The van der Waals surface area contributed by atoms with Crippen LogP contribution in [0.4, 0.5) is 18.9 Å². The lowest BCUT2D eigenvalue weighted by Crippen LogP contribution is -2.24. The van der Waals surface area contributed by atoms with Crippen LogP contribution in [-0.2, 0) is 16.6 Å². The zero-order valence-corrected chi connectivity index (χ0v) is 16.6. The fourth-order valence-electron chi connectivity index (χ4n) is 2.75. The molecule has 0 aliphatic heterocycles. The fourth-order valence-corrected chi connectivity index (χ4v) is 3.84. The Bertz CT molecular complexity index is 1190. The molecule has 0 aliphatic carbocycles. The Balaban J connectivity index is 1.82. The van der Waals surface area contributed by atoms with Crippen LogP contribution in [0.25, 0.3) is 0 Å². The van der Waals surface area contributed by atoms with Gasteiger partial charge >= 0.3 is 0 Å². The molecule has 0 heterocycles. The molecule has 1 amide bonds. The van der Waals surface area contributed by atoms with Gasteiger partial charge in [0.05, 0.1) is 10.6 Å². The maximum absolute atomic E-state index is 13.8. The van der Waals surface area contributed by atoms with E-state index in [2.05, 4.69) is 10.0 Å². The van der Waals surface area contributed by atoms with Gasteiger partial charge in [-0.3, -0.25) is 9.52 Å². The molecule has 2 N–H and O–H groups in total. The highest BCUT2D eigenvalue weighted by molar-refractivity contribution is 7.92. The smallest absolute Gasteiger partial charge is 0.262 e. The highest BCUT2D eigenvalue weighted by atomic mass is 32.2. The number of carbonyl (C=O) groups excluding carboxylic acids is 1. The van der Waals surface area contributed by atoms with Gasteiger partial charge < -0.3 is 5.32 Å². The molecule has 0 aliphatic rings. The van der Waals surface area contributed by atoms with Gasteiger partial charge in [-0.15, -0.1) is 0 Å². The van der Waals surface area contributed by atoms with E-state index in [1.165, 1.54) is 30.3 Å². The standard InChI is InChI=1S/C21H17F3N2O3S/c1-13-6-7-17(30(28,29)26-20-5-3-2-4-19(20)24)11-18(13)21(27)25-12-14-8-15(22)10-16(23)9-14/h2-11,26H,12H2,1H3,(H,25,27). The van der Waals surface area contributed by atoms with Crippen LogP contribution in [0.15, 0.2) is 65.6 Å². The van der Waals surface area contributed by atoms with Crippen molar-refractivity contribution in [3.63, 3.8) is 0 Å². The van der Waals surface area contributed by atoms with Crippen LogP contribution in [0.1, 0.15) is 21.5 Å². The van der Waals surface area contributed by atoms with Crippen LogP contribution in [0.3, 0.4) is 0 Å². The Kier molecular flexibility index (Phi) is 6.12. The first-order chi connectivity index (χ1) is 14.2. The van der Waals surface area contributed by atoms with Crippen LogP contribution >= 0.6 is 0 Å². The van der Waals surface area contributed by atoms with Gasteiger partial charge in [-0.2, -0.15) is 0 Å². The summed E-state index contributed by atoms with van der Waals surface area (Å²) >= 11 is 0. The molecule has 0 saturated heterocycles. The molecule has 156 valence electrons. The number of carbonyl (C=O) groups is 1. The summed E-state index contributed by atoms with van der Waals surface area (Å²) in [5.41, 5.74) is 0.534. The zero-order valence-electron chi connectivity index (χ0n) is 15.7. The Morgan fingerprint density at radius 2 is 1.60 bits per heavy atom. The van der Waals surface area contributed by atoms with Gasteiger partial charge in [-0.05, 0) is 54.4 Å². The molecule has 3 rings (SSSR count). The Labute approximate surface area is 171 Å². The van der Waals surface area contributed by atoms with Gasteiger partial charge in [0, 0.05) is 18.2 Å². The van der Waals surface area contributed by atoms with Crippen molar-refractivity contribution in [1.82, 2.24) is 5.32 Å². The van der Waals surface area contributed by atoms with Crippen molar-refractivity contribution in [1.29, 1.82) is 0 Å². The van der Waals surface area contributed by atoms with Crippen molar-refractivity contribution in [3.8, 4) is 0 Å². The number of nitrogens with one attached hydrogen (secondary N) is 2. The van der Waals surface area contributed by atoms with Crippen molar-refractivity contribution >= 4 is 21.6 Å². The van der Waals surface area contributed by atoms with Crippen LogP contribution in [0, 0.1) is 24.4 Å². The third-order valence-electron chi connectivity index (χ3n) is 4.26. The first-order valence-electron chi connectivity index (χ1n) is 8.77. The molecule has 5 nitrogen and oxygen atoms in total. The van der Waals surface area contributed by atoms with Crippen LogP contribution in [0.2, 0.25) is 0 Å². The van der Waals surface area contributed by atoms with Gasteiger partial charge in [0.1, 0.15) is 17.5 Å². The maximum Gasteiger partial charge on any atom is 0.262 e. The van der Waals surface area contributed by atoms with Crippen LogP contribution < -0.4 is 10.0 Å². The molecule has 9 heteroatoms. The lowest BCUT2D eigenvalue weighted by Gasteiger charge is -2.12. The van der Waals surface area contributed by atoms with Crippen molar-refractivity contribution < 1.29 is 26.4 Å². The van der Waals surface area contributed by atoms with E-state index in [1.54, 1.807) is 6.92 Å². The highest BCUT2D eigenvalue weighted by Crippen LogP contribution is 2.21. The summed E-state index contributed by atoms with van der Waals surface area (Å²) in [6.07, 6.45) is 0. The SMILES string of the molecule is Cc1ccc(S(=O)(=O)Nc2ccccc2F)cc1C(=O)NCc1cc(F)cc(F)c1. The normalized spacial score (nSPS) is 11.2.